The van der Waals surface area contributed by atoms with Crippen molar-refractivity contribution in [2.75, 3.05) is 26.6 Å². The van der Waals surface area contributed by atoms with Crippen LogP contribution in [0.15, 0.2) is 41.3 Å². The number of fused-ring (bicyclic) bond motifs is 1. The Kier molecular flexibility index (Phi) is 13.4. The Bertz CT molecular complexity index is 1500. The molecule has 3 atom stereocenters. The maximum absolute atomic E-state index is 13.2. The number of aliphatic carboxylic acids is 2. The van der Waals surface area contributed by atoms with Crippen LogP contribution in [0, 0.1) is 0 Å². The van der Waals surface area contributed by atoms with E-state index in [0.717, 1.165) is 16.7 Å². The van der Waals surface area contributed by atoms with Crippen LogP contribution in [-0.2, 0) is 48.6 Å². The Morgan fingerprint density at radius 2 is 1.87 bits per heavy atom. The van der Waals surface area contributed by atoms with Crippen LogP contribution >= 0.6 is 11.8 Å². The van der Waals surface area contributed by atoms with E-state index < -0.39 is 69.6 Å². The summed E-state index contributed by atoms with van der Waals surface area (Å²) in [5.74, 6) is -5.77. The second-order valence-electron chi connectivity index (χ2n) is 9.27. The molecule has 1 aromatic rings. The number of nitrogens with zero attached hydrogens (tertiary/aromatic N) is 1. The number of carbonyl (C=O) groups excluding carboxylic acids is 3. The number of nitrogens with one attached hydrogen (secondary N) is 1. The Labute approximate surface area is 283 Å². The van der Waals surface area contributed by atoms with Gasteiger partial charge in [0.05, 0.1) is 7.11 Å². The molecule has 240 valence electrons. The summed E-state index contributed by atoms with van der Waals surface area (Å²) >= 11 is 1.06. The number of methoxy groups -OCH3 is 2. The van der Waals surface area contributed by atoms with Crippen molar-refractivity contribution in [2.24, 2.45) is 5.73 Å². The van der Waals surface area contributed by atoms with Crippen molar-refractivity contribution in [1.29, 1.82) is 0 Å². The average molecular weight is 682 g/mol. The number of ether oxygens (including phenoxy) is 3. The van der Waals surface area contributed by atoms with Gasteiger partial charge in [0.25, 0.3) is 22.0 Å². The molecule has 3 rings (SSSR count). The number of hydrogen-bond acceptors (Lipinski definition) is 14. The minimum Gasteiger partial charge on any atom is -0.716 e. The molecule has 1 fully saturated rings. The number of thioether (sulfide) groups is 1. The van der Waals surface area contributed by atoms with Gasteiger partial charge in [0.2, 0.25) is 11.7 Å². The average Bonchev–Trinajstić information content (AvgIpc) is 2.96. The zero-order valence-corrected chi connectivity index (χ0v) is 27.8. The van der Waals surface area contributed by atoms with Crippen molar-refractivity contribution >= 4 is 58.0 Å². The van der Waals surface area contributed by atoms with Gasteiger partial charge in [-0.05, 0) is 36.6 Å². The summed E-state index contributed by atoms with van der Waals surface area (Å²) in [6.07, 6.45) is 1.22. The number of esters is 1. The van der Waals surface area contributed by atoms with E-state index in [2.05, 4.69) is 9.50 Å². The van der Waals surface area contributed by atoms with Gasteiger partial charge in [-0.25, -0.2) is 18.0 Å². The Hall–Kier alpha value is -3.17. The topological polar surface area (TPSA) is 261 Å². The van der Waals surface area contributed by atoms with Crippen LogP contribution in [0.1, 0.15) is 24.8 Å². The summed E-state index contributed by atoms with van der Waals surface area (Å²) in [4.78, 5) is 62.4. The molecule has 0 bridgehead atoms. The molecule has 0 unspecified atom stereocenters. The van der Waals surface area contributed by atoms with Crippen molar-refractivity contribution in [2.45, 2.75) is 36.4 Å². The molecule has 2 aliphatic heterocycles. The third-order valence-corrected chi connectivity index (χ3v) is 8.14. The van der Waals surface area contributed by atoms with E-state index in [4.69, 9.17) is 25.1 Å². The Morgan fingerprint density at radius 1 is 1.22 bits per heavy atom. The molecular formula is C25H28N3NaO14S2. The third kappa shape index (κ3) is 9.19. The SMILES string of the molecule is CO/C(=C\c1ccc(OS(=O)(=O)[O-])cc1)C(=O)OCC1=C(C(=O)O)N2C(=O)[C@](NC(=O)CCC[C@@H](N)C(=O)O)(OC)[C@H]2SC1.[Na+]. The first kappa shape index (κ1) is 38.0. The number of benzene rings is 1. The molecule has 45 heavy (non-hydrogen) atoms. The number of carboxylic acids is 2. The first-order valence-corrected chi connectivity index (χ1v) is 14.9. The summed E-state index contributed by atoms with van der Waals surface area (Å²) < 4.78 is 52.0. The molecule has 0 aromatic heterocycles. The molecule has 2 amide bonds. The second-order valence-corrected chi connectivity index (χ2v) is 11.3. The van der Waals surface area contributed by atoms with E-state index in [1.165, 1.54) is 44.6 Å². The Balaban J connectivity index is 0.00000705. The molecular weight excluding hydrogens is 653 g/mol. The largest absolute Gasteiger partial charge is 1.00 e. The minimum absolute atomic E-state index is 0. The van der Waals surface area contributed by atoms with Gasteiger partial charge in [-0.15, -0.1) is 11.8 Å². The molecule has 1 saturated heterocycles. The summed E-state index contributed by atoms with van der Waals surface area (Å²) in [5, 5.41) is 20.3. The quantitative estimate of drug-likeness (QED) is 0.0203. The molecule has 0 saturated carbocycles. The number of amides is 2. The number of carboxylic acid groups (broad SMARTS) is 2. The molecule has 0 spiro atoms. The third-order valence-electron chi connectivity index (χ3n) is 6.37. The number of carbonyl (C=O) groups is 5. The van der Waals surface area contributed by atoms with Gasteiger partial charge in [-0.1, -0.05) is 12.1 Å². The molecule has 2 aliphatic rings. The van der Waals surface area contributed by atoms with Crippen LogP contribution in [0.5, 0.6) is 5.75 Å². The van der Waals surface area contributed by atoms with Gasteiger partial charge in [0.1, 0.15) is 29.5 Å². The molecule has 17 nitrogen and oxygen atoms in total. The minimum atomic E-state index is -4.97. The maximum atomic E-state index is 13.2. The normalized spacial score (nSPS) is 20.2. The van der Waals surface area contributed by atoms with Gasteiger partial charge in [-0.2, -0.15) is 0 Å². The molecule has 5 N–H and O–H groups in total. The van der Waals surface area contributed by atoms with Crippen molar-refractivity contribution in [1.82, 2.24) is 10.2 Å². The van der Waals surface area contributed by atoms with Crippen LogP contribution in [0.3, 0.4) is 0 Å². The fraction of sp³-hybridized carbons (Fsp3) is 0.400. The summed E-state index contributed by atoms with van der Waals surface area (Å²) in [6, 6.07) is 3.84. The van der Waals surface area contributed by atoms with Crippen molar-refractivity contribution < 1.29 is 95.1 Å². The summed E-state index contributed by atoms with van der Waals surface area (Å²) in [7, 11) is -2.63. The van der Waals surface area contributed by atoms with Crippen molar-refractivity contribution in [3.8, 4) is 5.75 Å². The molecule has 0 radical (unpaired) electrons. The fourth-order valence-corrected chi connectivity index (χ4v) is 6.01. The zero-order valence-electron chi connectivity index (χ0n) is 24.2. The zero-order chi connectivity index (χ0) is 32.8. The Morgan fingerprint density at radius 3 is 2.40 bits per heavy atom. The standard InChI is InChI=1S/C25H29N3O14S2.Na/c1-39-17(10-13-6-8-15(9-7-13)42-44(36,37)38)22(34)41-11-14-12-43-24-25(40-2,23(35)28(24)19(14)21(32)33)27-18(29)5-3-4-16(26)20(30)31;/h6-10,16,24H,3-5,11-12,26H2,1-2H3,(H,27,29)(H,30,31)(H,32,33)(H,36,37,38);/q;+1/p-1/b17-10-;/t16-,24-,25+;/m1./s1. The number of rotatable bonds is 15. The van der Waals surface area contributed by atoms with Gasteiger partial charge in [-0.3, -0.25) is 19.3 Å². The van der Waals surface area contributed by atoms with E-state index in [0.29, 0.717) is 5.56 Å². The summed E-state index contributed by atoms with van der Waals surface area (Å²) in [6.45, 7) is -0.533. The first-order valence-electron chi connectivity index (χ1n) is 12.6. The van der Waals surface area contributed by atoms with Crippen LogP contribution < -0.4 is 44.8 Å². The van der Waals surface area contributed by atoms with E-state index >= 15 is 0 Å². The van der Waals surface area contributed by atoms with E-state index in [1.54, 1.807) is 0 Å². The van der Waals surface area contributed by atoms with Gasteiger partial charge in [0.15, 0.2) is 0 Å². The van der Waals surface area contributed by atoms with E-state index in [1.807, 2.05) is 0 Å². The fourth-order valence-electron chi connectivity index (χ4n) is 4.24. The van der Waals surface area contributed by atoms with Gasteiger partial charge >= 0.3 is 47.5 Å². The molecule has 1 aromatic carbocycles. The smallest absolute Gasteiger partial charge is 0.716 e. The van der Waals surface area contributed by atoms with Crippen LogP contribution in [-0.4, -0.2) is 102 Å². The number of hydrogen-bond donors (Lipinski definition) is 4. The van der Waals surface area contributed by atoms with Crippen LogP contribution in [0.4, 0.5) is 0 Å². The van der Waals surface area contributed by atoms with Crippen molar-refractivity contribution in [3.63, 3.8) is 0 Å². The molecule has 2 heterocycles. The van der Waals surface area contributed by atoms with Gasteiger partial charge in [0, 0.05) is 24.9 Å². The summed E-state index contributed by atoms with van der Waals surface area (Å²) in [5.41, 5.74) is 3.53. The van der Waals surface area contributed by atoms with Crippen LogP contribution in [0.2, 0.25) is 0 Å². The molecule has 20 heteroatoms. The van der Waals surface area contributed by atoms with Crippen molar-refractivity contribution in [3.05, 3.63) is 46.9 Å². The maximum Gasteiger partial charge on any atom is 1.00 e. The predicted octanol–water partition coefficient (Wildman–Crippen LogP) is -3.64. The molecule has 0 aliphatic carbocycles. The number of β-lactam (4-membered cyclic amide) rings is 1. The number of nitrogens with two attached hydrogens (primary N) is 1. The van der Waals surface area contributed by atoms with Crippen LogP contribution in [0.25, 0.3) is 6.08 Å². The van der Waals surface area contributed by atoms with Gasteiger partial charge < -0.3 is 44.2 Å². The van der Waals surface area contributed by atoms with E-state index in [9.17, 15) is 42.0 Å². The monoisotopic (exact) mass is 681 g/mol. The predicted molar refractivity (Wildman–Crippen MR) is 148 cm³/mol. The second kappa shape index (κ2) is 15.9. The first-order chi connectivity index (χ1) is 20.6. The van der Waals surface area contributed by atoms with E-state index in [-0.39, 0.29) is 71.7 Å².